The van der Waals surface area contributed by atoms with Gasteiger partial charge in [0.2, 0.25) is 5.69 Å². The summed E-state index contributed by atoms with van der Waals surface area (Å²) in [5, 5.41) is 14.6. The second-order valence-electron chi connectivity index (χ2n) is 5.99. The number of rotatable bonds is 8. The Morgan fingerprint density at radius 2 is 2.17 bits per heavy atom. The van der Waals surface area contributed by atoms with Crippen LogP contribution in [-0.4, -0.2) is 27.9 Å². The minimum atomic E-state index is -2.95. The van der Waals surface area contributed by atoms with E-state index in [2.05, 4.69) is 11.0 Å². The molecular formula is C16H21F2N3O3. The number of terminal acetylenes is 1. The van der Waals surface area contributed by atoms with Gasteiger partial charge in [-0.2, -0.15) is 5.10 Å². The number of unbranched alkanes of at least 4 members (excludes halogenated alkanes) is 1. The number of halogens is 2. The van der Waals surface area contributed by atoms with E-state index >= 15 is 0 Å². The number of aromatic nitrogens is 2. The van der Waals surface area contributed by atoms with Crippen LogP contribution in [-0.2, 0) is 4.74 Å². The highest BCUT2D eigenvalue weighted by atomic mass is 19.3. The molecule has 0 unspecified atom stereocenters. The van der Waals surface area contributed by atoms with E-state index in [1.807, 2.05) is 0 Å². The van der Waals surface area contributed by atoms with Gasteiger partial charge in [-0.1, -0.05) is 0 Å². The fourth-order valence-electron chi connectivity index (χ4n) is 2.98. The minimum Gasteiger partial charge on any atom is -0.381 e. The Kier molecular flexibility index (Phi) is 6.67. The van der Waals surface area contributed by atoms with Crippen molar-refractivity contribution in [2.45, 2.75) is 51.0 Å². The van der Waals surface area contributed by atoms with Crippen LogP contribution in [0.4, 0.5) is 14.5 Å². The molecule has 1 aliphatic carbocycles. The molecule has 0 amide bonds. The van der Waals surface area contributed by atoms with Gasteiger partial charge >= 0.3 is 5.69 Å². The van der Waals surface area contributed by atoms with Gasteiger partial charge in [-0.25, -0.2) is 8.78 Å². The van der Waals surface area contributed by atoms with Gasteiger partial charge in [0, 0.05) is 19.6 Å². The molecule has 24 heavy (non-hydrogen) atoms. The molecule has 8 heteroatoms. The summed E-state index contributed by atoms with van der Waals surface area (Å²) >= 11 is 0. The van der Waals surface area contributed by atoms with Crippen LogP contribution in [0.2, 0.25) is 0 Å². The van der Waals surface area contributed by atoms with E-state index < -0.39 is 22.7 Å². The summed E-state index contributed by atoms with van der Waals surface area (Å²) in [4.78, 5) is 10.1. The summed E-state index contributed by atoms with van der Waals surface area (Å²) in [5.74, 6) is 2.98. The van der Waals surface area contributed by atoms with Crippen LogP contribution in [0.25, 0.3) is 0 Å². The van der Waals surface area contributed by atoms with Crippen molar-refractivity contribution >= 4 is 5.69 Å². The Hall–Kier alpha value is -2.01. The standard InChI is InChI=1S/C16H21F2N3O3/c1-2-3-4-9-24-11-12-5-7-13(8-6-12)20-10-14(21(22)23)15(19-20)16(17)18/h1,10,12-13,16H,3-9,11H2. The van der Waals surface area contributed by atoms with Gasteiger partial charge in [-0.15, -0.1) is 12.3 Å². The van der Waals surface area contributed by atoms with Gasteiger partial charge in [0.15, 0.2) is 0 Å². The van der Waals surface area contributed by atoms with Crippen molar-refractivity contribution in [2.24, 2.45) is 5.92 Å². The van der Waals surface area contributed by atoms with Crippen molar-refractivity contribution in [3.05, 3.63) is 22.0 Å². The van der Waals surface area contributed by atoms with E-state index in [0.29, 0.717) is 25.6 Å². The quantitative estimate of drug-likeness (QED) is 0.311. The molecule has 1 heterocycles. The first kappa shape index (κ1) is 18.3. The third-order valence-electron chi connectivity index (χ3n) is 4.30. The molecule has 132 valence electrons. The molecule has 0 saturated heterocycles. The summed E-state index contributed by atoms with van der Waals surface area (Å²) in [6.07, 6.45) is 8.18. The maximum atomic E-state index is 12.8. The SMILES string of the molecule is C#CCCCOCC1CCC(n2cc([N+](=O)[O-])c(C(F)F)n2)CC1. The summed E-state index contributed by atoms with van der Waals surface area (Å²) in [6, 6.07) is -0.0751. The lowest BCUT2D eigenvalue weighted by Crippen LogP contribution is -2.21. The van der Waals surface area contributed by atoms with Crippen molar-refractivity contribution in [3.8, 4) is 12.3 Å². The number of alkyl halides is 2. The molecule has 1 saturated carbocycles. The van der Waals surface area contributed by atoms with Gasteiger partial charge in [-0.05, 0) is 38.0 Å². The van der Waals surface area contributed by atoms with Crippen LogP contribution >= 0.6 is 0 Å². The zero-order chi connectivity index (χ0) is 17.5. The number of hydrogen-bond acceptors (Lipinski definition) is 4. The number of ether oxygens (including phenoxy) is 1. The van der Waals surface area contributed by atoms with Gasteiger partial charge in [0.25, 0.3) is 6.43 Å². The van der Waals surface area contributed by atoms with Gasteiger partial charge < -0.3 is 4.74 Å². The van der Waals surface area contributed by atoms with Crippen LogP contribution in [0.15, 0.2) is 6.20 Å². The first-order chi connectivity index (χ1) is 11.5. The fraction of sp³-hybridized carbons (Fsp3) is 0.688. The van der Waals surface area contributed by atoms with Crippen molar-refractivity contribution in [3.63, 3.8) is 0 Å². The monoisotopic (exact) mass is 341 g/mol. The Morgan fingerprint density at radius 1 is 1.46 bits per heavy atom. The maximum absolute atomic E-state index is 12.8. The van der Waals surface area contributed by atoms with Crippen LogP contribution in [0.3, 0.4) is 0 Å². The highest BCUT2D eigenvalue weighted by Gasteiger charge is 2.30. The van der Waals surface area contributed by atoms with Crippen molar-refractivity contribution < 1.29 is 18.4 Å². The normalized spacial score (nSPS) is 20.9. The third-order valence-corrected chi connectivity index (χ3v) is 4.30. The number of hydrogen-bond donors (Lipinski definition) is 0. The molecule has 2 rings (SSSR count). The topological polar surface area (TPSA) is 70.2 Å². The lowest BCUT2D eigenvalue weighted by molar-refractivity contribution is -0.386. The summed E-state index contributed by atoms with van der Waals surface area (Å²) < 4.78 is 32.6. The Balaban J connectivity index is 1.85. The molecule has 0 aromatic carbocycles. The van der Waals surface area contributed by atoms with Crippen LogP contribution in [0.5, 0.6) is 0 Å². The van der Waals surface area contributed by atoms with E-state index in [-0.39, 0.29) is 6.04 Å². The van der Waals surface area contributed by atoms with Gasteiger partial charge in [0.1, 0.15) is 6.20 Å². The molecule has 0 bridgehead atoms. The maximum Gasteiger partial charge on any atom is 0.316 e. The van der Waals surface area contributed by atoms with E-state index in [9.17, 15) is 18.9 Å². The average molecular weight is 341 g/mol. The van der Waals surface area contributed by atoms with E-state index in [4.69, 9.17) is 11.2 Å². The smallest absolute Gasteiger partial charge is 0.316 e. The first-order valence-corrected chi connectivity index (χ1v) is 8.05. The molecule has 1 aromatic rings. The summed E-state index contributed by atoms with van der Waals surface area (Å²) in [5.41, 5.74) is -1.36. The molecule has 0 spiro atoms. The van der Waals surface area contributed by atoms with Crippen molar-refractivity contribution in [2.75, 3.05) is 13.2 Å². The number of nitro groups is 1. The molecule has 0 aliphatic heterocycles. The van der Waals surface area contributed by atoms with Crippen LogP contribution < -0.4 is 0 Å². The zero-order valence-electron chi connectivity index (χ0n) is 13.4. The van der Waals surface area contributed by atoms with E-state index in [1.54, 1.807) is 0 Å². The molecule has 0 radical (unpaired) electrons. The largest absolute Gasteiger partial charge is 0.381 e. The molecule has 1 aliphatic rings. The third kappa shape index (κ3) is 4.74. The second-order valence-corrected chi connectivity index (χ2v) is 5.99. The summed E-state index contributed by atoms with van der Waals surface area (Å²) in [7, 11) is 0. The Labute approximate surface area is 139 Å². The molecular weight excluding hydrogens is 320 g/mol. The first-order valence-electron chi connectivity index (χ1n) is 8.05. The minimum absolute atomic E-state index is 0.0751. The molecule has 1 fully saturated rings. The lowest BCUT2D eigenvalue weighted by Gasteiger charge is -2.28. The van der Waals surface area contributed by atoms with Crippen molar-refractivity contribution in [1.82, 2.24) is 9.78 Å². The van der Waals surface area contributed by atoms with Gasteiger partial charge in [-0.3, -0.25) is 14.8 Å². The molecule has 0 N–H and O–H groups in total. The molecule has 6 nitrogen and oxygen atoms in total. The predicted molar refractivity (Wildman–Crippen MR) is 83.7 cm³/mol. The Bertz CT molecular complexity index is 590. The second kappa shape index (κ2) is 8.73. The summed E-state index contributed by atoms with van der Waals surface area (Å²) in [6.45, 7) is 1.31. The Morgan fingerprint density at radius 3 is 2.71 bits per heavy atom. The highest BCUT2D eigenvalue weighted by molar-refractivity contribution is 5.33. The predicted octanol–water partition coefficient (Wildman–Crippen LogP) is 3.89. The van der Waals surface area contributed by atoms with Crippen molar-refractivity contribution in [1.29, 1.82) is 0 Å². The number of nitrogens with zero attached hydrogens (tertiary/aromatic N) is 3. The molecule has 1 aromatic heterocycles. The van der Waals surface area contributed by atoms with Crippen LogP contribution in [0, 0.1) is 28.4 Å². The van der Waals surface area contributed by atoms with E-state index in [0.717, 1.165) is 38.3 Å². The lowest BCUT2D eigenvalue weighted by atomic mass is 9.86. The zero-order valence-corrected chi connectivity index (χ0v) is 13.4. The fourth-order valence-corrected chi connectivity index (χ4v) is 2.98. The molecule has 0 atom stereocenters. The average Bonchev–Trinajstić information content (AvgIpc) is 3.01. The highest BCUT2D eigenvalue weighted by Crippen LogP contribution is 2.35. The van der Waals surface area contributed by atoms with Gasteiger partial charge in [0.05, 0.1) is 11.0 Å². The van der Waals surface area contributed by atoms with E-state index in [1.165, 1.54) is 4.68 Å². The van der Waals surface area contributed by atoms with Crippen LogP contribution in [0.1, 0.15) is 56.7 Å².